The molecule has 0 bridgehead atoms. The van der Waals surface area contributed by atoms with Crippen molar-refractivity contribution in [2.45, 2.75) is 33.9 Å². The van der Waals surface area contributed by atoms with Gasteiger partial charge in [-0.15, -0.1) is 23.1 Å². The fourth-order valence-corrected chi connectivity index (χ4v) is 8.25. The summed E-state index contributed by atoms with van der Waals surface area (Å²) in [4.78, 5) is 15.4. The van der Waals surface area contributed by atoms with Gasteiger partial charge in [-0.1, -0.05) is 29.5 Å². The Bertz CT molecular complexity index is 1500. The molecule has 0 aliphatic carbocycles. The average Bonchev–Trinajstić information content (AvgIpc) is 3.43. The van der Waals surface area contributed by atoms with Crippen molar-refractivity contribution in [1.29, 1.82) is 0 Å². The van der Waals surface area contributed by atoms with E-state index in [0.717, 1.165) is 33.1 Å². The van der Waals surface area contributed by atoms with Crippen molar-refractivity contribution in [3.05, 3.63) is 60.5 Å². The predicted octanol–water partition coefficient (Wildman–Crippen LogP) is 0.491. The molecule has 8 heteroatoms. The molecule has 0 radical (unpaired) electrons. The van der Waals surface area contributed by atoms with E-state index in [2.05, 4.69) is 73.7 Å². The number of fused-ring (bicyclic) bond motifs is 3. The molecule has 32 heavy (non-hydrogen) atoms. The summed E-state index contributed by atoms with van der Waals surface area (Å²) in [5.41, 5.74) is 2.74. The van der Waals surface area contributed by atoms with Crippen LogP contribution in [0.1, 0.15) is 24.4 Å². The Balaban J connectivity index is 0.00000245. The van der Waals surface area contributed by atoms with E-state index in [9.17, 15) is 4.79 Å². The van der Waals surface area contributed by atoms with Crippen LogP contribution >= 0.6 is 34.4 Å². The topological polar surface area (TPSA) is 29.1 Å². The second kappa shape index (κ2) is 9.21. The molecule has 1 aliphatic heterocycles. The highest BCUT2D eigenvalue weighted by atomic mass is 35.5. The van der Waals surface area contributed by atoms with Crippen molar-refractivity contribution in [3.63, 3.8) is 0 Å². The molecule has 0 unspecified atom stereocenters. The van der Waals surface area contributed by atoms with Gasteiger partial charge in [-0.3, -0.25) is 9.36 Å². The highest BCUT2D eigenvalue weighted by Crippen LogP contribution is 2.31. The summed E-state index contributed by atoms with van der Waals surface area (Å²) < 4.78 is 7.53. The molecule has 1 aliphatic rings. The van der Waals surface area contributed by atoms with Crippen LogP contribution in [0.3, 0.4) is 0 Å². The van der Waals surface area contributed by atoms with Crippen LogP contribution in [0.4, 0.5) is 0 Å². The maximum absolute atomic E-state index is 13.2. The van der Waals surface area contributed by atoms with E-state index in [1.807, 2.05) is 15.9 Å². The molecule has 1 saturated heterocycles. The van der Waals surface area contributed by atoms with Gasteiger partial charge in [0.1, 0.15) is 20.4 Å². The first-order chi connectivity index (χ1) is 15.0. The monoisotopic (exact) mass is 503 g/mol. The van der Waals surface area contributed by atoms with Crippen molar-refractivity contribution in [1.82, 2.24) is 9.47 Å². The molecule has 4 aromatic rings. The smallest absolute Gasteiger partial charge is 0.271 e. The maximum Gasteiger partial charge on any atom is 0.271 e. The largest absolute Gasteiger partial charge is 1.00 e. The van der Waals surface area contributed by atoms with Gasteiger partial charge >= 0.3 is 0 Å². The lowest BCUT2D eigenvalue weighted by Gasteiger charge is -2.08. The summed E-state index contributed by atoms with van der Waals surface area (Å²) in [5.74, 6) is 1.05. The van der Waals surface area contributed by atoms with E-state index >= 15 is 0 Å². The molecule has 168 valence electrons. The molecule has 2 aromatic heterocycles. The molecule has 1 fully saturated rings. The van der Waals surface area contributed by atoms with Gasteiger partial charge in [0.05, 0.1) is 16.5 Å². The Morgan fingerprint density at radius 2 is 1.91 bits per heavy atom. The lowest BCUT2D eigenvalue weighted by Crippen LogP contribution is -3.00. The van der Waals surface area contributed by atoms with E-state index in [1.54, 1.807) is 23.1 Å². The van der Waals surface area contributed by atoms with Crippen molar-refractivity contribution in [2.24, 2.45) is 0 Å². The molecule has 5 rings (SSSR count). The minimum atomic E-state index is 0. The number of nitrogens with zero attached hydrogens (tertiary/aromatic N) is 3. The minimum absolute atomic E-state index is 0. The zero-order chi connectivity index (χ0) is 21.7. The van der Waals surface area contributed by atoms with Crippen LogP contribution in [-0.2, 0) is 13.1 Å². The number of rotatable bonds is 3. The van der Waals surface area contributed by atoms with E-state index in [0.29, 0.717) is 6.54 Å². The van der Waals surface area contributed by atoms with E-state index in [-0.39, 0.29) is 18.0 Å². The highest BCUT2D eigenvalue weighted by Gasteiger charge is 2.22. The SMILES string of the molecule is CCn1c(=O)/c(=C2/SCCN2C)s/c1=C/c1sc2cc(C)c3ccccc3c2[n+]1CC.[Cl-]. The Morgan fingerprint density at radius 3 is 2.56 bits per heavy atom. The van der Waals surface area contributed by atoms with Crippen molar-refractivity contribution >= 4 is 66.5 Å². The van der Waals surface area contributed by atoms with Crippen LogP contribution in [0.15, 0.2) is 35.1 Å². The first-order valence-corrected chi connectivity index (χ1v) is 13.3. The summed E-state index contributed by atoms with van der Waals surface area (Å²) in [6.07, 6.45) is 2.22. The third kappa shape index (κ3) is 3.69. The molecule has 3 heterocycles. The van der Waals surface area contributed by atoms with Gasteiger partial charge in [-0.05, 0) is 43.9 Å². The first-order valence-electron chi connectivity index (χ1n) is 10.7. The quantitative estimate of drug-likeness (QED) is 0.381. The third-order valence-electron chi connectivity index (χ3n) is 5.94. The number of halogens is 1. The average molecular weight is 504 g/mol. The van der Waals surface area contributed by atoms with Crippen LogP contribution in [0.25, 0.3) is 32.1 Å². The number of benzene rings is 2. The van der Waals surface area contributed by atoms with Crippen molar-refractivity contribution in [2.75, 3.05) is 19.3 Å². The van der Waals surface area contributed by atoms with Gasteiger partial charge < -0.3 is 17.3 Å². The molecule has 0 spiro atoms. The molecular formula is C24H26ClN3OS3. The number of aromatic nitrogens is 2. The first kappa shape index (κ1) is 23.4. The van der Waals surface area contributed by atoms with Crippen LogP contribution in [0.2, 0.25) is 0 Å². The minimum Gasteiger partial charge on any atom is -1.00 e. The van der Waals surface area contributed by atoms with Crippen molar-refractivity contribution in [3.8, 4) is 0 Å². The molecule has 4 nitrogen and oxygen atoms in total. The highest BCUT2D eigenvalue weighted by molar-refractivity contribution is 8.08. The number of aryl methyl sites for hydroxylation is 2. The van der Waals surface area contributed by atoms with E-state index in [4.69, 9.17) is 0 Å². The summed E-state index contributed by atoms with van der Waals surface area (Å²) in [6.45, 7) is 9.02. The predicted molar refractivity (Wildman–Crippen MR) is 136 cm³/mol. The van der Waals surface area contributed by atoms with Crippen LogP contribution in [-0.4, -0.2) is 28.8 Å². The summed E-state index contributed by atoms with van der Waals surface area (Å²) in [7, 11) is 2.08. The Kier molecular flexibility index (Phi) is 6.73. The fourth-order valence-electron chi connectivity index (χ4n) is 4.37. The number of hydrogen-bond acceptors (Lipinski definition) is 5. The number of thiazole rings is 2. The molecular weight excluding hydrogens is 478 g/mol. The Hall–Kier alpha value is -1.80. The fraction of sp³-hybridized carbons (Fsp3) is 0.333. The maximum atomic E-state index is 13.2. The van der Waals surface area contributed by atoms with Gasteiger partial charge in [-0.2, -0.15) is 4.57 Å². The van der Waals surface area contributed by atoms with Gasteiger partial charge in [0.2, 0.25) is 5.52 Å². The molecule has 0 N–H and O–H groups in total. The molecule has 0 amide bonds. The zero-order valence-corrected chi connectivity index (χ0v) is 21.9. The van der Waals surface area contributed by atoms with Crippen molar-refractivity contribution < 1.29 is 17.0 Å². The molecule has 0 saturated carbocycles. The van der Waals surface area contributed by atoms with Gasteiger partial charge in [0.25, 0.3) is 10.6 Å². The van der Waals surface area contributed by atoms with Gasteiger partial charge in [0, 0.05) is 25.9 Å². The molecule has 2 aromatic carbocycles. The second-order valence-electron chi connectivity index (χ2n) is 7.81. The van der Waals surface area contributed by atoms with Crippen LogP contribution < -0.4 is 31.7 Å². The van der Waals surface area contributed by atoms with Crippen LogP contribution in [0, 0.1) is 6.92 Å². The number of hydrogen-bond donors (Lipinski definition) is 0. The second-order valence-corrected chi connectivity index (χ2v) is 11.0. The van der Waals surface area contributed by atoms with E-state index < -0.39 is 0 Å². The third-order valence-corrected chi connectivity index (χ3v) is 9.44. The summed E-state index contributed by atoms with van der Waals surface area (Å²) in [6, 6.07) is 11.0. The number of thioether (sulfide) groups is 1. The standard InChI is InChI=1S/C24H26N3OS3.ClH/c1-5-26-19(30-18-13-15(3)16-9-7-8-10-17(16)21(18)26)14-20-27(6-2)23(28)22(31-20)24-25(4)11-12-29-24;/h7-10,13-14H,5-6,11-12H2,1-4H3;1H/q+1;/p-1/b24-22-;. The normalized spacial score (nSPS) is 16.4. The van der Waals surface area contributed by atoms with Crippen LogP contribution in [0.5, 0.6) is 0 Å². The lowest BCUT2D eigenvalue weighted by molar-refractivity contribution is -0.664. The van der Waals surface area contributed by atoms with Gasteiger partial charge in [0.15, 0.2) is 0 Å². The lowest BCUT2D eigenvalue weighted by atomic mass is 10.0. The Labute approximate surface area is 205 Å². The van der Waals surface area contributed by atoms with E-state index in [1.165, 1.54) is 31.6 Å². The molecule has 0 atom stereocenters. The zero-order valence-electron chi connectivity index (χ0n) is 18.6. The summed E-state index contributed by atoms with van der Waals surface area (Å²) >= 11 is 5.24. The Morgan fingerprint density at radius 1 is 1.16 bits per heavy atom. The van der Waals surface area contributed by atoms with Gasteiger partial charge in [-0.25, -0.2) is 0 Å². The summed E-state index contributed by atoms with van der Waals surface area (Å²) in [5, 5.41) is 4.93.